The Morgan fingerprint density at radius 1 is 0.757 bits per heavy atom. The van der Waals surface area contributed by atoms with Gasteiger partial charge in [0.25, 0.3) is 5.91 Å². The Balaban J connectivity index is 1.21. The van der Waals surface area contributed by atoms with Gasteiger partial charge in [0.15, 0.2) is 5.65 Å². The van der Waals surface area contributed by atoms with Gasteiger partial charge >= 0.3 is 0 Å². The molecule has 0 aliphatic heterocycles. The molecular formula is C30H23N5OS. The summed E-state index contributed by atoms with van der Waals surface area (Å²) in [4.78, 5) is 17.4. The molecule has 0 aliphatic carbocycles. The Labute approximate surface area is 218 Å². The van der Waals surface area contributed by atoms with E-state index >= 15 is 0 Å². The number of hydrogen-bond donors (Lipinski definition) is 1. The van der Waals surface area contributed by atoms with Gasteiger partial charge in [-0.05, 0) is 41.5 Å². The fourth-order valence-electron chi connectivity index (χ4n) is 4.30. The van der Waals surface area contributed by atoms with E-state index in [4.69, 9.17) is 4.98 Å². The van der Waals surface area contributed by atoms with Crippen molar-refractivity contribution in [1.29, 1.82) is 0 Å². The van der Waals surface area contributed by atoms with E-state index < -0.39 is 0 Å². The van der Waals surface area contributed by atoms with Crippen LogP contribution < -0.4 is 5.32 Å². The topological polar surface area (TPSA) is 72.7 Å². The molecule has 2 aromatic heterocycles. The second kappa shape index (κ2) is 10.2. The number of aromatic nitrogens is 4. The number of anilines is 1. The number of para-hydroxylation sites is 2. The number of nitrogens with zero attached hydrogens (tertiary/aromatic N) is 4. The van der Waals surface area contributed by atoms with Crippen LogP contribution in [0.2, 0.25) is 0 Å². The lowest BCUT2D eigenvalue weighted by Crippen LogP contribution is -2.11. The Hall–Kier alpha value is -4.49. The molecule has 4 aromatic carbocycles. The molecular weight excluding hydrogens is 478 g/mol. The van der Waals surface area contributed by atoms with Gasteiger partial charge in [0.05, 0.1) is 5.52 Å². The quantitative estimate of drug-likeness (QED) is 0.250. The summed E-state index contributed by atoms with van der Waals surface area (Å²) in [6.07, 6.45) is 0. The molecule has 0 spiro atoms. The maximum Gasteiger partial charge on any atom is 0.255 e. The number of carbonyl (C=O) groups excluding carboxylic acids is 1. The van der Waals surface area contributed by atoms with Crippen molar-refractivity contribution in [3.63, 3.8) is 0 Å². The van der Waals surface area contributed by atoms with E-state index in [9.17, 15) is 4.79 Å². The van der Waals surface area contributed by atoms with Crippen molar-refractivity contribution in [3.8, 4) is 0 Å². The number of carbonyl (C=O) groups is 1. The van der Waals surface area contributed by atoms with Gasteiger partial charge in [-0.2, -0.15) is 0 Å². The molecule has 0 bridgehead atoms. The fraction of sp³-hybridized carbons (Fsp3) is 0.0667. The Morgan fingerprint density at radius 3 is 2.24 bits per heavy atom. The summed E-state index contributed by atoms with van der Waals surface area (Å²) >= 11 is 1.53. The molecule has 0 aliphatic rings. The summed E-state index contributed by atoms with van der Waals surface area (Å²) in [5.41, 5.74) is 6.40. The Bertz CT molecular complexity index is 1680. The third-order valence-electron chi connectivity index (χ3n) is 6.15. The highest BCUT2D eigenvalue weighted by Crippen LogP contribution is 2.29. The SMILES string of the molecule is O=C(Nc1ccccc1)c1ccc(CSc2nnc3c4ccccc4n(Cc4ccccc4)c3n2)cc1. The molecule has 0 radical (unpaired) electrons. The average molecular weight is 502 g/mol. The smallest absolute Gasteiger partial charge is 0.255 e. The molecule has 37 heavy (non-hydrogen) atoms. The predicted molar refractivity (Wildman–Crippen MR) is 149 cm³/mol. The van der Waals surface area contributed by atoms with Crippen LogP contribution in [-0.4, -0.2) is 25.7 Å². The third kappa shape index (κ3) is 4.94. The maximum absolute atomic E-state index is 12.5. The van der Waals surface area contributed by atoms with Gasteiger partial charge in [0.2, 0.25) is 5.16 Å². The van der Waals surface area contributed by atoms with Crippen LogP contribution in [0.25, 0.3) is 22.1 Å². The molecule has 7 heteroatoms. The number of fused-ring (bicyclic) bond motifs is 3. The van der Waals surface area contributed by atoms with Crippen molar-refractivity contribution >= 4 is 45.4 Å². The van der Waals surface area contributed by atoms with Gasteiger partial charge < -0.3 is 9.88 Å². The minimum Gasteiger partial charge on any atom is -0.322 e. The fourth-order valence-corrected chi connectivity index (χ4v) is 5.04. The van der Waals surface area contributed by atoms with Crippen molar-refractivity contribution in [1.82, 2.24) is 19.7 Å². The van der Waals surface area contributed by atoms with Crippen molar-refractivity contribution in [2.24, 2.45) is 0 Å². The minimum absolute atomic E-state index is 0.130. The van der Waals surface area contributed by atoms with E-state index in [2.05, 4.69) is 44.3 Å². The lowest BCUT2D eigenvalue weighted by atomic mass is 10.1. The van der Waals surface area contributed by atoms with E-state index in [0.717, 1.165) is 33.3 Å². The Morgan fingerprint density at radius 2 is 1.46 bits per heavy atom. The highest BCUT2D eigenvalue weighted by Gasteiger charge is 2.15. The van der Waals surface area contributed by atoms with E-state index in [1.54, 1.807) is 0 Å². The standard InChI is InChI=1S/C30H23N5OS/c36-29(31-24-11-5-2-6-12-24)23-17-15-22(16-18-23)20-37-30-32-28-27(33-34-30)25-13-7-8-14-26(25)35(28)19-21-9-3-1-4-10-21/h1-18H,19-20H2,(H,31,36). The first-order valence-electron chi connectivity index (χ1n) is 12.0. The summed E-state index contributed by atoms with van der Waals surface area (Å²) in [7, 11) is 0. The molecule has 1 amide bonds. The molecule has 6 aromatic rings. The lowest BCUT2D eigenvalue weighted by Gasteiger charge is -2.08. The summed E-state index contributed by atoms with van der Waals surface area (Å²) in [6.45, 7) is 0.708. The third-order valence-corrected chi connectivity index (χ3v) is 7.06. The molecule has 0 saturated carbocycles. The van der Waals surface area contributed by atoms with Crippen LogP contribution in [0.3, 0.4) is 0 Å². The van der Waals surface area contributed by atoms with Crippen LogP contribution in [0.1, 0.15) is 21.5 Å². The average Bonchev–Trinajstić information content (AvgIpc) is 3.26. The van der Waals surface area contributed by atoms with Gasteiger partial charge in [-0.3, -0.25) is 4.79 Å². The number of benzene rings is 4. The van der Waals surface area contributed by atoms with Crippen molar-refractivity contribution < 1.29 is 4.79 Å². The van der Waals surface area contributed by atoms with E-state index in [0.29, 0.717) is 23.0 Å². The Kier molecular flexibility index (Phi) is 6.35. The maximum atomic E-state index is 12.5. The summed E-state index contributed by atoms with van der Waals surface area (Å²) in [5.74, 6) is 0.543. The minimum atomic E-state index is -0.130. The van der Waals surface area contributed by atoms with Crippen LogP contribution in [0.5, 0.6) is 0 Å². The number of hydrogen-bond acceptors (Lipinski definition) is 5. The highest BCUT2D eigenvalue weighted by molar-refractivity contribution is 7.98. The van der Waals surface area contributed by atoms with Gasteiger partial charge in [0, 0.05) is 28.9 Å². The zero-order chi connectivity index (χ0) is 25.0. The van der Waals surface area contributed by atoms with Crippen LogP contribution >= 0.6 is 11.8 Å². The molecule has 6 rings (SSSR count). The summed E-state index contributed by atoms with van der Waals surface area (Å²) in [5, 5.41) is 13.5. The van der Waals surface area contributed by atoms with Crippen molar-refractivity contribution in [2.75, 3.05) is 5.32 Å². The molecule has 0 unspecified atom stereocenters. The van der Waals surface area contributed by atoms with E-state index in [1.807, 2.05) is 84.9 Å². The lowest BCUT2D eigenvalue weighted by molar-refractivity contribution is 0.102. The van der Waals surface area contributed by atoms with Crippen molar-refractivity contribution in [2.45, 2.75) is 17.5 Å². The highest BCUT2D eigenvalue weighted by atomic mass is 32.2. The van der Waals surface area contributed by atoms with Crippen LogP contribution in [0.4, 0.5) is 5.69 Å². The first-order chi connectivity index (χ1) is 18.2. The number of rotatable bonds is 7. The number of thioether (sulfide) groups is 1. The van der Waals surface area contributed by atoms with Gasteiger partial charge in [-0.1, -0.05) is 90.6 Å². The molecule has 180 valence electrons. The summed E-state index contributed by atoms with van der Waals surface area (Å²) < 4.78 is 2.21. The van der Waals surface area contributed by atoms with Crippen LogP contribution in [-0.2, 0) is 12.3 Å². The zero-order valence-electron chi connectivity index (χ0n) is 19.9. The zero-order valence-corrected chi connectivity index (χ0v) is 20.7. The molecule has 2 heterocycles. The second-order valence-corrected chi connectivity index (χ2v) is 9.60. The first-order valence-corrected chi connectivity index (χ1v) is 13.0. The number of nitrogens with one attached hydrogen (secondary N) is 1. The largest absolute Gasteiger partial charge is 0.322 e. The molecule has 0 saturated heterocycles. The molecule has 6 nitrogen and oxygen atoms in total. The summed E-state index contributed by atoms with van der Waals surface area (Å²) in [6, 6.07) is 35.6. The van der Waals surface area contributed by atoms with Gasteiger partial charge in [0.1, 0.15) is 5.52 Å². The van der Waals surface area contributed by atoms with Crippen molar-refractivity contribution in [3.05, 3.63) is 126 Å². The predicted octanol–water partition coefficient (Wildman–Crippen LogP) is 6.57. The molecule has 1 N–H and O–H groups in total. The van der Waals surface area contributed by atoms with Crippen LogP contribution in [0.15, 0.2) is 114 Å². The monoisotopic (exact) mass is 501 g/mol. The first kappa shape index (κ1) is 22.9. The number of amides is 1. The normalized spacial score (nSPS) is 11.1. The van der Waals surface area contributed by atoms with Crippen LogP contribution in [0, 0.1) is 0 Å². The van der Waals surface area contributed by atoms with E-state index in [1.165, 1.54) is 17.3 Å². The molecule has 0 fully saturated rings. The van der Waals surface area contributed by atoms with Gasteiger partial charge in [-0.25, -0.2) is 4.98 Å². The second-order valence-electron chi connectivity index (χ2n) is 8.66. The molecule has 0 atom stereocenters. The van der Waals surface area contributed by atoms with E-state index in [-0.39, 0.29) is 5.91 Å². The van der Waals surface area contributed by atoms with Gasteiger partial charge in [-0.15, -0.1) is 10.2 Å².